The molecular formula is C12H12BrClFNO. The van der Waals surface area contributed by atoms with E-state index in [0.717, 1.165) is 19.4 Å². The molecule has 0 aromatic heterocycles. The van der Waals surface area contributed by atoms with Crippen molar-refractivity contribution in [3.05, 3.63) is 34.1 Å². The molecule has 1 atom stereocenters. The van der Waals surface area contributed by atoms with Gasteiger partial charge in [-0.2, -0.15) is 0 Å². The summed E-state index contributed by atoms with van der Waals surface area (Å²) < 4.78 is 13.4. The molecule has 1 heterocycles. The number of rotatable bonds is 1. The Morgan fingerprint density at radius 2 is 2.29 bits per heavy atom. The van der Waals surface area contributed by atoms with E-state index in [9.17, 15) is 9.18 Å². The van der Waals surface area contributed by atoms with Crippen LogP contribution in [-0.4, -0.2) is 29.3 Å². The van der Waals surface area contributed by atoms with Crippen molar-refractivity contribution < 1.29 is 9.18 Å². The van der Waals surface area contributed by atoms with Gasteiger partial charge < -0.3 is 4.90 Å². The third kappa shape index (κ3) is 2.99. The molecule has 0 radical (unpaired) electrons. The van der Waals surface area contributed by atoms with Crippen molar-refractivity contribution in [3.63, 3.8) is 0 Å². The van der Waals surface area contributed by atoms with Gasteiger partial charge in [-0.05, 0) is 47.0 Å². The molecular weight excluding hydrogens is 308 g/mol. The minimum atomic E-state index is -0.365. The predicted octanol–water partition coefficient (Wildman–Crippen LogP) is 3.43. The van der Waals surface area contributed by atoms with Crippen LogP contribution < -0.4 is 0 Å². The number of alkyl halides is 1. The molecule has 0 N–H and O–H groups in total. The lowest BCUT2D eigenvalue weighted by atomic mass is 10.1. The average molecular weight is 321 g/mol. The molecule has 1 fully saturated rings. The average Bonchev–Trinajstić information content (AvgIpc) is 2.32. The highest BCUT2D eigenvalue weighted by Gasteiger charge is 2.23. The summed E-state index contributed by atoms with van der Waals surface area (Å²) in [6.45, 7) is 1.28. The van der Waals surface area contributed by atoms with E-state index >= 15 is 0 Å². The van der Waals surface area contributed by atoms with E-state index < -0.39 is 0 Å². The molecule has 0 spiro atoms. The molecule has 1 aliphatic rings. The van der Waals surface area contributed by atoms with Gasteiger partial charge in [0.1, 0.15) is 5.82 Å². The first-order valence-electron chi connectivity index (χ1n) is 5.46. The number of carbonyl (C=O) groups excluding carboxylic acids is 1. The van der Waals surface area contributed by atoms with E-state index in [4.69, 9.17) is 11.6 Å². The highest BCUT2D eigenvalue weighted by Crippen LogP contribution is 2.21. The van der Waals surface area contributed by atoms with Gasteiger partial charge in [0.05, 0.1) is 9.85 Å². The van der Waals surface area contributed by atoms with Crippen molar-refractivity contribution >= 4 is 33.4 Å². The maximum Gasteiger partial charge on any atom is 0.253 e. The standard InChI is InChI=1S/C12H12BrClFNO/c13-10-6-8(3-4-11(10)15)12(17)16-5-1-2-9(14)7-16/h3-4,6,9H,1-2,5,7H2. The van der Waals surface area contributed by atoms with E-state index in [-0.39, 0.29) is 17.1 Å². The van der Waals surface area contributed by atoms with Gasteiger partial charge in [0.15, 0.2) is 0 Å². The number of amides is 1. The lowest BCUT2D eigenvalue weighted by Gasteiger charge is -2.29. The number of carbonyl (C=O) groups is 1. The fraction of sp³-hybridized carbons (Fsp3) is 0.417. The highest BCUT2D eigenvalue weighted by molar-refractivity contribution is 9.10. The fourth-order valence-corrected chi connectivity index (χ4v) is 2.62. The van der Waals surface area contributed by atoms with E-state index in [1.54, 1.807) is 4.90 Å². The topological polar surface area (TPSA) is 20.3 Å². The second-order valence-electron chi connectivity index (χ2n) is 4.12. The first-order chi connectivity index (χ1) is 8.08. The number of halogens is 3. The number of hydrogen-bond acceptors (Lipinski definition) is 1. The zero-order valence-corrected chi connectivity index (χ0v) is 11.5. The summed E-state index contributed by atoms with van der Waals surface area (Å²) in [5.41, 5.74) is 0.490. The summed E-state index contributed by atoms with van der Waals surface area (Å²) in [7, 11) is 0. The van der Waals surface area contributed by atoms with E-state index in [2.05, 4.69) is 15.9 Å². The van der Waals surface area contributed by atoms with Crippen molar-refractivity contribution in [1.82, 2.24) is 4.90 Å². The SMILES string of the molecule is O=C(c1ccc(F)c(Br)c1)N1CCCC(Cl)C1. The van der Waals surface area contributed by atoms with E-state index in [1.807, 2.05) is 0 Å². The Kier molecular flexibility index (Phi) is 4.05. The summed E-state index contributed by atoms with van der Waals surface area (Å²) in [4.78, 5) is 13.9. The Morgan fingerprint density at radius 1 is 1.53 bits per heavy atom. The van der Waals surface area contributed by atoms with E-state index in [0.29, 0.717) is 16.6 Å². The smallest absolute Gasteiger partial charge is 0.253 e. The van der Waals surface area contributed by atoms with Crippen LogP contribution >= 0.6 is 27.5 Å². The number of nitrogens with zero attached hydrogens (tertiary/aromatic N) is 1. The number of benzene rings is 1. The molecule has 1 aromatic carbocycles. The van der Waals surface area contributed by atoms with Crippen LogP contribution in [0, 0.1) is 5.82 Å². The molecule has 0 saturated carbocycles. The highest BCUT2D eigenvalue weighted by atomic mass is 79.9. The number of hydrogen-bond donors (Lipinski definition) is 0. The molecule has 17 heavy (non-hydrogen) atoms. The minimum absolute atomic E-state index is 0.0246. The molecule has 5 heteroatoms. The number of likely N-dealkylation sites (tertiary alicyclic amines) is 1. The molecule has 0 bridgehead atoms. The van der Waals surface area contributed by atoms with Crippen LogP contribution in [0.3, 0.4) is 0 Å². The van der Waals surface area contributed by atoms with Crippen LogP contribution in [0.1, 0.15) is 23.2 Å². The van der Waals surface area contributed by atoms with E-state index in [1.165, 1.54) is 18.2 Å². The quantitative estimate of drug-likeness (QED) is 0.726. The Morgan fingerprint density at radius 3 is 2.94 bits per heavy atom. The van der Waals surface area contributed by atoms with Gasteiger partial charge in [0, 0.05) is 18.7 Å². The molecule has 1 saturated heterocycles. The summed E-state index contributed by atoms with van der Waals surface area (Å²) in [5.74, 6) is -0.452. The van der Waals surface area contributed by atoms with Crippen molar-refractivity contribution in [3.8, 4) is 0 Å². The molecule has 1 amide bonds. The molecule has 2 nitrogen and oxygen atoms in total. The first-order valence-corrected chi connectivity index (χ1v) is 6.69. The largest absolute Gasteiger partial charge is 0.337 e. The Bertz CT molecular complexity index is 441. The van der Waals surface area contributed by atoms with Crippen LogP contribution in [0.5, 0.6) is 0 Å². The number of piperidine rings is 1. The maximum atomic E-state index is 13.1. The summed E-state index contributed by atoms with van der Waals surface area (Å²) in [6.07, 6.45) is 1.86. The van der Waals surface area contributed by atoms with Gasteiger partial charge in [-0.15, -0.1) is 11.6 Å². The Balaban J connectivity index is 2.15. The van der Waals surface area contributed by atoms with Gasteiger partial charge >= 0.3 is 0 Å². The minimum Gasteiger partial charge on any atom is -0.337 e. The predicted molar refractivity (Wildman–Crippen MR) is 68.9 cm³/mol. The monoisotopic (exact) mass is 319 g/mol. The molecule has 1 unspecified atom stereocenters. The molecule has 0 aliphatic carbocycles. The lowest BCUT2D eigenvalue weighted by Crippen LogP contribution is -2.40. The summed E-state index contributed by atoms with van der Waals surface area (Å²) in [5, 5.41) is 0.0246. The van der Waals surface area contributed by atoms with Gasteiger partial charge in [-0.25, -0.2) is 4.39 Å². The Hall–Kier alpha value is -0.610. The zero-order chi connectivity index (χ0) is 12.4. The summed E-state index contributed by atoms with van der Waals surface area (Å²) in [6, 6.07) is 4.30. The van der Waals surface area contributed by atoms with Crippen molar-refractivity contribution in [2.24, 2.45) is 0 Å². The van der Waals surface area contributed by atoms with Crippen molar-refractivity contribution in [2.75, 3.05) is 13.1 Å². The molecule has 1 aromatic rings. The first kappa shape index (κ1) is 12.8. The Labute approximate surface area is 113 Å². The van der Waals surface area contributed by atoms with Crippen LogP contribution in [0.25, 0.3) is 0 Å². The summed E-state index contributed by atoms with van der Waals surface area (Å²) >= 11 is 9.11. The van der Waals surface area contributed by atoms with Gasteiger partial charge in [0.2, 0.25) is 0 Å². The fourth-order valence-electron chi connectivity index (χ4n) is 1.92. The molecule has 1 aliphatic heterocycles. The third-order valence-electron chi connectivity index (χ3n) is 2.82. The van der Waals surface area contributed by atoms with Crippen LogP contribution in [0.15, 0.2) is 22.7 Å². The van der Waals surface area contributed by atoms with Gasteiger partial charge in [-0.3, -0.25) is 4.79 Å². The van der Waals surface area contributed by atoms with Gasteiger partial charge in [0.25, 0.3) is 5.91 Å². The van der Waals surface area contributed by atoms with Crippen LogP contribution in [0.4, 0.5) is 4.39 Å². The maximum absolute atomic E-state index is 13.1. The third-order valence-corrected chi connectivity index (χ3v) is 3.78. The van der Waals surface area contributed by atoms with Crippen LogP contribution in [-0.2, 0) is 0 Å². The lowest BCUT2D eigenvalue weighted by molar-refractivity contribution is 0.0727. The molecule has 92 valence electrons. The molecule has 2 rings (SSSR count). The second-order valence-corrected chi connectivity index (χ2v) is 5.59. The van der Waals surface area contributed by atoms with Gasteiger partial charge in [-0.1, -0.05) is 0 Å². The normalized spacial score (nSPS) is 20.4. The zero-order valence-electron chi connectivity index (χ0n) is 9.13. The van der Waals surface area contributed by atoms with Crippen LogP contribution in [0.2, 0.25) is 0 Å². The van der Waals surface area contributed by atoms with Crippen molar-refractivity contribution in [2.45, 2.75) is 18.2 Å². The second kappa shape index (κ2) is 5.36. The van der Waals surface area contributed by atoms with Crippen molar-refractivity contribution in [1.29, 1.82) is 0 Å².